The average molecular weight is 261 g/mol. The first-order chi connectivity index (χ1) is 8.63. The lowest BCUT2D eigenvalue weighted by molar-refractivity contribution is -0.141. The van der Waals surface area contributed by atoms with Crippen molar-refractivity contribution in [2.24, 2.45) is 0 Å². The molecule has 2 aromatic rings. The Balaban J connectivity index is 2.46. The maximum absolute atomic E-state index is 12.0. The maximum atomic E-state index is 12.0. The summed E-state index contributed by atoms with van der Waals surface area (Å²) >= 11 is 1.47. The molecule has 18 heavy (non-hydrogen) atoms. The summed E-state index contributed by atoms with van der Waals surface area (Å²) in [4.78, 5) is 16.2. The highest BCUT2D eigenvalue weighted by Crippen LogP contribution is 2.28. The van der Waals surface area contributed by atoms with Crippen LogP contribution in [-0.4, -0.2) is 18.1 Å². The highest BCUT2D eigenvalue weighted by atomic mass is 32.1. The molecule has 1 aromatic heterocycles. The Bertz CT molecular complexity index is 549. The normalized spacial score (nSPS) is 12.2. The molecule has 0 radical (unpaired) electrons. The number of hydrogen-bond donors (Lipinski definition) is 0. The number of methoxy groups -OCH3 is 1. The number of aryl methyl sites for hydroxylation is 2. The van der Waals surface area contributed by atoms with E-state index in [0.29, 0.717) is 0 Å². The van der Waals surface area contributed by atoms with Crippen molar-refractivity contribution in [1.29, 1.82) is 0 Å². The van der Waals surface area contributed by atoms with E-state index in [2.05, 4.69) is 11.9 Å². The molecule has 1 unspecified atom stereocenters. The number of benzene rings is 1. The Kier molecular flexibility index (Phi) is 3.77. The molecule has 0 aliphatic rings. The lowest BCUT2D eigenvalue weighted by atomic mass is 9.96. The Morgan fingerprint density at radius 2 is 2.11 bits per heavy atom. The summed E-state index contributed by atoms with van der Waals surface area (Å²) in [5.41, 5.74) is 3.30. The molecular formula is C14H15NO2S. The molecule has 0 N–H and O–H groups in total. The fraction of sp³-hybridized carbons (Fsp3) is 0.286. The lowest BCUT2D eigenvalue weighted by Crippen LogP contribution is -2.15. The molecule has 3 nitrogen and oxygen atoms in total. The average Bonchev–Trinajstić information content (AvgIpc) is 2.87. The topological polar surface area (TPSA) is 39.2 Å². The molecule has 0 spiro atoms. The predicted molar refractivity (Wildman–Crippen MR) is 71.9 cm³/mol. The lowest BCUT2D eigenvalue weighted by Gasteiger charge is -2.14. The van der Waals surface area contributed by atoms with Crippen molar-refractivity contribution < 1.29 is 9.53 Å². The number of aromatic nitrogens is 1. The van der Waals surface area contributed by atoms with Gasteiger partial charge in [0.15, 0.2) is 0 Å². The van der Waals surface area contributed by atoms with Crippen LogP contribution in [0.15, 0.2) is 29.8 Å². The van der Waals surface area contributed by atoms with Gasteiger partial charge in [0.2, 0.25) is 0 Å². The van der Waals surface area contributed by atoms with Gasteiger partial charge in [-0.05, 0) is 30.5 Å². The Morgan fingerprint density at radius 3 is 2.67 bits per heavy atom. The Labute approximate surface area is 110 Å². The number of rotatable bonds is 3. The second-order valence-electron chi connectivity index (χ2n) is 4.17. The third-order valence-corrected chi connectivity index (χ3v) is 3.84. The van der Waals surface area contributed by atoms with E-state index in [1.54, 1.807) is 6.20 Å². The molecular weight excluding hydrogens is 246 g/mol. The van der Waals surface area contributed by atoms with Gasteiger partial charge in [0.25, 0.3) is 0 Å². The first-order valence-electron chi connectivity index (χ1n) is 5.68. The largest absolute Gasteiger partial charge is 0.468 e. The van der Waals surface area contributed by atoms with Crippen molar-refractivity contribution in [1.82, 2.24) is 4.98 Å². The number of hydrogen-bond acceptors (Lipinski definition) is 4. The van der Waals surface area contributed by atoms with Crippen molar-refractivity contribution in [2.75, 3.05) is 7.11 Å². The quantitative estimate of drug-likeness (QED) is 0.797. The van der Waals surface area contributed by atoms with Crippen LogP contribution in [0.1, 0.15) is 27.6 Å². The van der Waals surface area contributed by atoms with Gasteiger partial charge in [-0.3, -0.25) is 4.79 Å². The number of ether oxygens (including phenoxy) is 1. The zero-order chi connectivity index (χ0) is 13.1. The number of nitrogens with zero attached hydrogens (tertiary/aromatic N) is 1. The second kappa shape index (κ2) is 5.31. The van der Waals surface area contributed by atoms with Crippen LogP contribution in [0.25, 0.3) is 0 Å². The summed E-state index contributed by atoms with van der Waals surface area (Å²) in [5, 5.41) is 2.64. The predicted octanol–water partition coefficient (Wildman–Crippen LogP) is 3.06. The number of carbonyl (C=O) groups is 1. The summed E-state index contributed by atoms with van der Waals surface area (Å²) in [6.45, 7) is 4.09. The van der Waals surface area contributed by atoms with Crippen LogP contribution >= 0.6 is 11.3 Å². The smallest absolute Gasteiger partial charge is 0.320 e. The van der Waals surface area contributed by atoms with Crippen molar-refractivity contribution in [3.05, 3.63) is 51.5 Å². The van der Waals surface area contributed by atoms with Gasteiger partial charge in [0.1, 0.15) is 10.9 Å². The molecule has 0 aliphatic heterocycles. The fourth-order valence-electron chi connectivity index (χ4n) is 1.82. The van der Waals surface area contributed by atoms with Crippen LogP contribution in [-0.2, 0) is 9.53 Å². The van der Waals surface area contributed by atoms with E-state index < -0.39 is 5.92 Å². The van der Waals surface area contributed by atoms with E-state index in [0.717, 1.165) is 16.1 Å². The molecule has 0 bridgehead atoms. The van der Waals surface area contributed by atoms with Crippen molar-refractivity contribution in [3.8, 4) is 0 Å². The number of esters is 1. The molecule has 1 atom stereocenters. The zero-order valence-corrected chi connectivity index (χ0v) is 11.5. The van der Waals surface area contributed by atoms with Crippen molar-refractivity contribution >= 4 is 17.3 Å². The van der Waals surface area contributed by atoms with Gasteiger partial charge in [-0.1, -0.05) is 18.2 Å². The summed E-state index contributed by atoms with van der Waals surface area (Å²) in [7, 11) is 1.41. The Hall–Kier alpha value is -1.68. The van der Waals surface area contributed by atoms with E-state index in [1.165, 1.54) is 24.0 Å². The molecule has 4 heteroatoms. The van der Waals surface area contributed by atoms with E-state index in [1.807, 2.05) is 30.5 Å². The minimum atomic E-state index is -0.422. The first-order valence-corrected chi connectivity index (χ1v) is 6.56. The first kappa shape index (κ1) is 12.8. The molecule has 2 rings (SSSR count). The molecule has 1 heterocycles. The van der Waals surface area contributed by atoms with E-state index in [9.17, 15) is 4.79 Å². The molecule has 0 amide bonds. The van der Waals surface area contributed by atoms with Gasteiger partial charge in [0, 0.05) is 11.6 Å². The third-order valence-electron chi connectivity index (χ3n) is 3.00. The van der Waals surface area contributed by atoms with Crippen LogP contribution in [0.2, 0.25) is 0 Å². The highest BCUT2D eigenvalue weighted by molar-refractivity contribution is 7.09. The van der Waals surface area contributed by atoms with Gasteiger partial charge >= 0.3 is 5.97 Å². The SMILES string of the molecule is COC(=O)C(c1ccc(C)c(C)c1)c1nccs1. The van der Waals surface area contributed by atoms with Gasteiger partial charge < -0.3 is 4.74 Å². The molecule has 0 fully saturated rings. The van der Waals surface area contributed by atoms with E-state index >= 15 is 0 Å². The van der Waals surface area contributed by atoms with Gasteiger partial charge in [-0.15, -0.1) is 11.3 Å². The fourth-order valence-corrected chi connectivity index (χ4v) is 2.57. The van der Waals surface area contributed by atoms with E-state index in [4.69, 9.17) is 4.74 Å². The Morgan fingerprint density at radius 1 is 1.33 bits per heavy atom. The van der Waals surface area contributed by atoms with Crippen LogP contribution in [0.5, 0.6) is 0 Å². The van der Waals surface area contributed by atoms with Gasteiger partial charge in [-0.2, -0.15) is 0 Å². The van der Waals surface area contributed by atoms with Crippen LogP contribution in [0, 0.1) is 13.8 Å². The molecule has 94 valence electrons. The summed E-state index contributed by atoms with van der Waals surface area (Å²) in [6, 6.07) is 6.01. The maximum Gasteiger partial charge on any atom is 0.320 e. The highest BCUT2D eigenvalue weighted by Gasteiger charge is 2.26. The minimum Gasteiger partial charge on any atom is -0.468 e. The summed E-state index contributed by atoms with van der Waals surface area (Å²) in [6.07, 6.45) is 1.71. The molecule has 1 aromatic carbocycles. The second-order valence-corrected chi connectivity index (χ2v) is 5.10. The zero-order valence-electron chi connectivity index (χ0n) is 10.6. The molecule has 0 saturated heterocycles. The standard InChI is InChI=1S/C14H15NO2S/c1-9-4-5-11(8-10(9)2)12(14(16)17-3)13-15-6-7-18-13/h4-8,12H,1-3H3. The van der Waals surface area contributed by atoms with Gasteiger partial charge in [-0.25, -0.2) is 4.98 Å². The minimum absolute atomic E-state index is 0.270. The summed E-state index contributed by atoms with van der Waals surface area (Å²) in [5.74, 6) is -0.692. The van der Waals surface area contributed by atoms with Gasteiger partial charge in [0.05, 0.1) is 7.11 Å². The van der Waals surface area contributed by atoms with Crippen LogP contribution in [0.4, 0.5) is 0 Å². The van der Waals surface area contributed by atoms with Crippen LogP contribution < -0.4 is 0 Å². The van der Waals surface area contributed by atoms with Crippen molar-refractivity contribution in [3.63, 3.8) is 0 Å². The third kappa shape index (κ3) is 2.43. The van der Waals surface area contributed by atoms with Crippen LogP contribution in [0.3, 0.4) is 0 Å². The number of thiazole rings is 1. The summed E-state index contributed by atoms with van der Waals surface area (Å²) < 4.78 is 4.89. The van der Waals surface area contributed by atoms with Crippen molar-refractivity contribution in [2.45, 2.75) is 19.8 Å². The monoisotopic (exact) mass is 261 g/mol. The molecule has 0 saturated carbocycles. The molecule has 0 aliphatic carbocycles. The van der Waals surface area contributed by atoms with E-state index in [-0.39, 0.29) is 5.97 Å². The number of carbonyl (C=O) groups excluding carboxylic acids is 1.